The Kier molecular flexibility index (Phi) is 5.37. The number of nitrogens with one attached hydrogen (secondary N) is 1. The van der Waals surface area contributed by atoms with Gasteiger partial charge in [0.05, 0.1) is 12.2 Å². The minimum Gasteiger partial charge on any atom is -0.354 e. The maximum atomic E-state index is 4.59. The minimum atomic E-state index is 0.286. The first-order valence-corrected chi connectivity index (χ1v) is 8.99. The number of anilines is 1. The van der Waals surface area contributed by atoms with Crippen LogP contribution in [-0.2, 0) is 6.54 Å². The molecule has 1 aliphatic heterocycles. The van der Waals surface area contributed by atoms with E-state index in [9.17, 15) is 0 Å². The molecular formula is C14H25N5S2. The van der Waals surface area contributed by atoms with E-state index in [1.165, 1.54) is 0 Å². The molecule has 0 bridgehead atoms. The van der Waals surface area contributed by atoms with Gasteiger partial charge in [-0.2, -0.15) is 11.8 Å². The summed E-state index contributed by atoms with van der Waals surface area (Å²) >= 11 is 3.70. The molecule has 0 unspecified atom stereocenters. The molecule has 0 atom stereocenters. The Morgan fingerprint density at radius 1 is 1.52 bits per heavy atom. The van der Waals surface area contributed by atoms with E-state index in [1.54, 1.807) is 11.3 Å². The predicted molar refractivity (Wildman–Crippen MR) is 94.7 cm³/mol. The zero-order valence-corrected chi connectivity index (χ0v) is 15.1. The van der Waals surface area contributed by atoms with Gasteiger partial charge in [0.2, 0.25) is 0 Å². The van der Waals surface area contributed by atoms with Crippen LogP contribution in [0, 0.1) is 0 Å². The lowest BCUT2D eigenvalue weighted by atomic mass is 10.2. The van der Waals surface area contributed by atoms with Crippen molar-refractivity contribution in [2.75, 3.05) is 44.9 Å². The lowest BCUT2D eigenvalue weighted by Gasteiger charge is -2.39. The van der Waals surface area contributed by atoms with Gasteiger partial charge in [-0.1, -0.05) is 0 Å². The molecule has 5 nitrogen and oxygen atoms in total. The van der Waals surface area contributed by atoms with Crippen molar-refractivity contribution in [2.24, 2.45) is 4.99 Å². The average molecular weight is 328 g/mol. The van der Waals surface area contributed by atoms with Gasteiger partial charge in [-0.15, -0.1) is 11.3 Å². The average Bonchev–Trinajstić information content (AvgIpc) is 2.87. The second kappa shape index (κ2) is 6.87. The molecule has 21 heavy (non-hydrogen) atoms. The number of thiazole rings is 1. The van der Waals surface area contributed by atoms with Crippen LogP contribution in [0.25, 0.3) is 0 Å². The topological polar surface area (TPSA) is 43.8 Å². The van der Waals surface area contributed by atoms with E-state index >= 15 is 0 Å². The zero-order valence-electron chi connectivity index (χ0n) is 13.5. The molecule has 2 heterocycles. The van der Waals surface area contributed by atoms with Gasteiger partial charge < -0.3 is 15.1 Å². The summed E-state index contributed by atoms with van der Waals surface area (Å²) < 4.78 is 0.286. The number of guanidine groups is 1. The Labute approximate surface area is 135 Å². The van der Waals surface area contributed by atoms with Crippen LogP contribution in [0.5, 0.6) is 0 Å². The molecule has 118 valence electrons. The largest absolute Gasteiger partial charge is 0.354 e. The first-order valence-electron chi connectivity index (χ1n) is 7.12. The smallest absolute Gasteiger partial charge is 0.194 e. The number of aromatic nitrogens is 1. The molecule has 7 heteroatoms. The molecule has 1 aliphatic rings. The van der Waals surface area contributed by atoms with E-state index in [-0.39, 0.29) is 4.75 Å². The molecule has 0 aromatic carbocycles. The molecule has 0 saturated carbocycles. The van der Waals surface area contributed by atoms with Crippen LogP contribution in [0.2, 0.25) is 0 Å². The van der Waals surface area contributed by atoms with Gasteiger partial charge in [0.1, 0.15) is 0 Å². The lowest BCUT2D eigenvalue weighted by Crippen LogP contribution is -2.50. The van der Waals surface area contributed by atoms with Gasteiger partial charge in [0.15, 0.2) is 11.1 Å². The predicted octanol–water partition coefficient (Wildman–Crippen LogP) is 2.11. The summed E-state index contributed by atoms with van der Waals surface area (Å²) in [4.78, 5) is 13.4. The van der Waals surface area contributed by atoms with E-state index in [0.717, 1.165) is 42.2 Å². The van der Waals surface area contributed by atoms with Crippen LogP contribution < -0.4 is 10.2 Å². The molecular weight excluding hydrogens is 302 g/mol. The van der Waals surface area contributed by atoms with Crippen LogP contribution in [0.15, 0.2) is 10.4 Å². The maximum absolute atomic E-state index is 4.59. The van der Waals surface area contributed by atoms with Gasteiger partial charge in [-0.25, -0.2) is 4.98 Å². The Morgan fingerprint density at radius 2 is 2.29 bits per heavy atom. The van der Waals surface area contributed by atoms with E-state index < -0.39 is 0 Å². The molecule has 0 amide bonds. The maximum Gasteiger partial charge on any atom is 0.194 e. The van der Waals surface area contributed by atoms with E-state index in [1.807, 2.05) is 37.8 Å². The SMILES string of the molecule is CN=C(NCc1csc(N(C)C)n1)N1CCSC(C)(C)C1. The van der Waals surface area contributed by atoms with Crippen molar-refractivity contribution in [3.05, 3.63) is 11.1 Å². The van der Waals surface area contributed by atoms with E-state index in [4.69, 9.17) is 0 Å². The molecule has 1 fully saturated rings. The monoisotopic (exact) mass is 327 g/mol. The number of hydrogen-bond acceptors (Lipinski definition) is 5. The molecule has 2 rings (SSSR count). The second-order valence-electron chi connectivity index (χ2n) is 5.95. The highest BCUT2D eigenvalue weighted by Gasteiger charge is 2.28. The quantitative estimate of drug-likeness (QED) is 0.680. The van der Waals surface area contributed by atoms with Gasteiger partial charge in [0, 0.05) is 50.1 Å². The summed E-state index contributed by atoms with van der Waals surface area (Å²) in [5.41, 5.74) is 1.07. The summed E-state index contributed by atoms with van der Waals surface area (Å²) in [7, 11) is 5.88. The van der Waals surface area contributed by atoms with Gasteiger partial charge >= 0.3 is 0 Å². The van der Waals surface area contributed by atoms with Crippen LogP contribution in [0.1, 0.15) is 19.5 Å². The summed E-state index contributed by atoms with van der Waals surface area (Å²) in [5, 5.41) is 6.58. The van der Waals surface area contributed by atoms with Crippen molar-refractivity contribution in [2.45, 2.75) is 25.1 Å². The molecule has 1 aromatic rings. The molecule has 0 aliphatic carbocycles. The molecule has 0 radical (unpaired) electrons. The number of aliphatic imine (C=N–C) groups is 1. The first kappa shape index (κ1) is 16.4. The zero-order chi connectivity index (χ0) is 15.5. The highest BCUT2D eigenvalue weighted by atomic mass is 32.2. The normalized spacial score (nSPS) is 18.7. The van der Waals surface area contributed by atoms with Crippen molar-refractivity contribution < 1.29 is 0 Å². The fourth-order valence-corrected chi connectivity index (χ4v) is 4.15. The van der Waals surface area contributed by atoms with Crippen LogP contribution >= 0.6 is 23.1 Å². The van der Waals surface area contributed by atoms with Gasteiger partial charge in [-0.05, 0) is 13.8 Å². The molecule has 0 spiro atoms. The number of rotatable bonds is 3. The molecule has 1 saturated heterocycles. The highest BCUT2D eigenvalue weighted by molar-refractivity contribution is 8.00. The summed E-state index contributed by atoms with van der Waals surface area (Å²) in [6.45, 7) is 7.38. The third kappa shape index (κ3) is 4.51. The second-order valence-corrected chi connectivity index (χ2v) is 8.58. The van der Waals surface area contributed by atoms with Crippen molar-refractivity contribution in [1.82, 2.24) is 15.2 Å². The molecule has 1 aromatic heterocycles. The summed E-state index contributed by atoms with van der Waals surface area (Å²) in [6, 6.07) is 0. The minimum absolute atomic E-state index is 0.286. The summed E-state index contributed by atoms with van der Waals surface area (Å²) in [6.07, 6.45) is 0. The van der Waals surface area contributed by atoms with Crippen molar-refractivity contribution in [1.29, 1.82) is 0 Å². The third-order valence-corrected chi connectivity index (χ3v) is 5.64. The Balaban J connectivity index is 1.93. The Hall–Kier alpha value is -0.950. The van der Waals surface area contributed by atoms with Crippen LogP contribution in [0.3, 0.4) is 0 Å². The van der Waals surface area contributed by atoms with Crippen molar-refractivity contribution in [3.8, 4) is 0 Å². The number of thioether (sulfide) groups is 1. The van der Waals surface area contributed by atoms with Crippen LogP contribution in [0.4, 0.5) is 5.13 Å². The number of hydrogen-bond donors (Lipinski definition) is 1. The van der Waals surface area contributed by atoms with Crippen molar-refractivity contribution >= 4 is 34.2 Å². The summed E-state index contributed by atoms with van der Waals surface area (Å²) in [5.74, 6) is 2.12. The lowest BCUT2D eigenvalue weighted by molar-refractivity contribution is 0.375. The Morgan fingerprint density at radius 3 is 2.86 bits per heavy atom. The van der Waals surface area contributed by atoms with Crippen LogP contribution in [-0.4, -0.2) is 60.6 Å². The molecule has 1 N–H and O–H groups in total. The fourth-order valence-electron chi connectivity index (χ4n) is 2.28. The van der Waals surface area contributed by atoms with E-state index in [2.05, 4.69) is 39.4 Å². The number of nitrogens with zero attached hydrogens (tertiary/aromatic N) is 4. The fraction of sp³-hybridized carbons (Fsp3) is 0.714. The Bertz CT molecular complexity index is 495. The third-order valence-electron chi connectivity index (χ3n) is 3.29. The first-order chi connectivity index (χ1) is 9.91. The highest BCUT2D eigenvalue weighted by Crippen LogP contribution is 2.29. The standard InChI is InChI=1S/C14H25N5S2/c1-14(2)10-19(6-7-21-14)12(15-3)16-8-11-9-20-13(17-11)18(4)5/h9H,6-8,10H2,1-5H3,(H,15,16). The van der Waals surface area contributed by atoms with Crippen molar-refractivity contribution in [3.63, 3.8) is 0 Å². The van der Waals surface area contributed by atoms with E-state index in [0.29, 0.717) is 0 Å². The van der Waals surface area contributed by atoms with Gasteiger partial charge in [0.25, 0.3) is 0 Å². The van der Waals surface area contributed by atoms with Gasteiger partial charge in [-0.3, -0.25) is 4.99 Å².